The van der Waals surface area contributed by atoms with Gasteiger partial charge in [-0.2, -0.15) is 0 Å². The molecule has 2 heterocycles. The zero-order valence-electron chi connectivity index (χ0n) is 17.7. The van der Waals surface area contributed by atoms with Crippen molar-refractivity contribution in [2.75, 3.05) is 13.7 Å². The van der Waals surface area contributed by atoms with Crippen LogP contribution in [0.4, 0.5) is 0 Å². The minimum Gasteiger partial charge on any atom is -0.465 e. The molecule has 0 spiro atoms. The molecule has 1 aliphatic rings. The Morgan fingerprint density at radius 1 is 1.21 bits per heavy atom. The first-order valence-corrected chi connectivity index (χ1v) is 9.54. The topological polar surface area (TPSA) is 89.7 Å². The van der Waals surface area contributed by atoms with E-state index in [9.17, 15) is 9.59 Å². The summed E-state index contributed by atoms with van der Waals surface area (Å²) in [5.41, 5.74) is 1.79. The largest absolute Gasteiger partial charge is 0.492 e. The molecular weight excluding hydrogens is 371 g/mol. The van der Waals surface area contributed by atoms with Crippen molar-refractivity contribution < 1.29 is 23.6 Å². The Kier molecular flexibility index (Phi) is 5.60. The maximum absolute atomic E-state index is 12.2. The second kappa shape index (κ2) is 7.69. The van der Waals surface area contributed by atoms with Crippen LogP contribution >= 0.6 is 0 Å². The molecule has 0 bridgehead atoms. The number of H-pyrrole nitrogens is 1. The van der Waals surface area contributed by atoms with Crippen LogP contribution in [-0.2, 0) is 18.8 Å². The molecule has 0 atom stereocenters. The van der Waals surface area contributed by atoms with Crippen molar-refractivity contribution in [3.8, 4) is 0 Å². The standard InChI is InChI=1S/C21H27BN2O5/c1-13(25)24-12-15(22-28-20(2,3)21(4,5)29-22)9-14-10-17(19(26)27-6)16-7-8-23-18(16)11-14/h7-11,23H,12H2,1-6H3,(H,24,25). The van der Waals surface area contributed by atoms with Crippen molar-refractivity contribution >= 4 is 36.0 Å². The number of hydrogen-bond donors (Lipinski definition) is 2. The first-order valence-electron chi connectivity index (χ1n) is 9.54. The van der Waals surface area contributed by atoms with Crippen LogP contribution in [0, 0.1) is 0 Å². The maximum atomic E-state index is 12.2. The third kappa shape index (κ3) is 4.23. The Morgan fingerprint density at radius 3 is 2.45 bits per heavy atom. The number of benzene rings is 1. The SMILES string of the molecule is COC(=O)c1cc(C=C(CNC(C)=O)B2OC(C)(C)C(C)(C)O2)cc2[nH]ccc12. The number of rotatable bonds is 5. The lowest BCUT2D eigenvalue weighted by atomic mass is 9.76. The Morgan fingerprint density at radius 2 is 1.86 bits per heavy atom. The summed E-state index contributed by atoms with van der Waals surface area (Å²) in [4.78, 5) is 26.9. The first kappa shape index (κ1) is 21.1. The van der Waals surface area contributed by atoms with Gasteiger partial charge >= 0.3 is 13.1 Å². The smallest absolute Gasteiger partial charge is 0.465 e. The van der Waals surface area contributed by atoms with Crippen LogP contribution in [0.2, 0.25) is 0 Å². The van der Waals surface area contributed by atoms with Crippen LogP contribution < -0.4 is 5.32 Å². The Hall–Kier alpha value is -2.58. The van der Waals surface area contributed by atoms with E-state index in [-0.39, 0.29) is 12.5 Å². The summed E-state index contributed by atoms with van der Waals surface area (Å²) in [5, 5.41) is 3.60. The number of carbonyl (C=O) groups excluding carboxylic acids is 2. The summed E-state index contributed by atoms with van der Waals surface area (Å²) in [6.45, 7) is 9.63. The van der Waals surface area contributed by atoms with E-state index in [0.29, 0.717) is 5.56 Å². The molecule has 29 heavy (non-hydrogen) atoms. The average molecular weight is 398 g/mol. The summed E-state index contributed by atoms with van der Waals surface area (Å²) in [6.07, 6.45) is 3.65. The molecule has 0 aliphatic carbocycles. The lowest BCUT2D eigenvalue weighted by Gasteiger charge is -2.32. The summed E-state index contributed by atoms with van der Waals surface area (Å²) in [5.74, 6) is -0.564. The highest BCUT2D eigenvalue weighted by molar-refractivity contribution is 6.56. The van der Waals surface area contributed by atoms with Gasteiger partial charge in [0.05, 0.1) is 23.9 Å². The molecule has 1 fully saturated rings. The molecule has 3 rings (SSSR count). The molecule has 2 aromatic rings. The number of nitrogens with one attached hydrogen (secondary N) is 2. The number of hydrogen-bond acceptors (Lipinski definition) is 5. The molecule has 8 heteroatoms. The summed E-state index contributed by atoms with van der Waals surface area (Å²) < 4.78 is 17.2. The first-order chi connectivity index (χ1) is 13.5. The molecule has 1 saturated heterocycles. The molecule has 1 amide bonds. The molecule has 154 valence electrons. The number of amides is 1. The van der Waals surface area contributed by atoms with E-state index < -0.39 is 24.3 Å². The zero-order chi connectivity index (χ0) is 21.4. The van der Waals surface area contributed by atoms with Crippen molar-refractivity contribution in [3.63, 3.8) is 0 Å². The monoisotopic (exact) mass is 398 g/mol. The van der Waals surface area contributed by atoms with Gasteiger partial charge in [-0.05, 0) is 56.9 Å². The van der Waals surface area contributed by atoms with E-state index in [1.54, 1.807) is 12.3 Å². The molecule has 0 radical (unpaired) electrons. The van der Waals surface area contributed by atoms with E-state index in [0.717, 1.165) is 21.9 Å². The summed E-state index contributed by atoms with van der Waals surface area (Å²) in [6, 6.07) is 5.53. The van der Waals surface area contributed by atoms with E-state index in [4.69, 9.17) is 14.0 Å². The second-order valence-corrected chi connectivity index (χ2v) is 8.22. The van der Waals surface area contributed by atoms with E-state index in [1.165, 1.54) is 14.0 Å². The van der Waals surface area contributed by atoms with E-state index >= 15 is 0 Å². The van der Waals surface area contributed by atoms with Crippen LogP contribution in [-0.4, -0.2) is 48.8 Å². The van der Waals surface area contributed by atoms with Gasteiger partial charge in [0.25, 0.3) is 0 Å². The van der Waals surface area contributed by atoms with Crippen LogP contribution in [0.3, 0.4) is 0 Å². The highest BCUT2D eigenvalue weighted by Crippen LogP contribution is 2.39. The van der Waals surface area contributed by atoms with Crippen LogP contribution in [0.15, 0.2) is 29.9 Å². The predicted molar refractivity (Wildman–Crippen MR) is 112 cm³/mol. The lowest BCUT2D eigenvalue weighted by molar-refractivity contribution is -0.118. The van der Waals surface area contributed by atoms with Gasteiger partial charge in [0.15, 0.2) is 0 Å². The Bertz CT molecular complexity index is 961. The Balaban J connectivity index is 2.04. The highest BCUT2D eigenvalue weighted by atomic mass is 16.7. The zero-order valence-corrected chi connectivity index (χ0v) is 17.7. The molecular formula is C21H27BN2O5. The fourth-order valence-corrected chi connectivity index (χ4v) is 3.19. The quantitative estimate of drug-likeness (QED) is 0.597. The minimum atomic E-state index is -0.618. The predicted octanol–water partition coefficient (Wildman–Crippen LogP) is 3.11. The van der Waals surface area contributed by atoms with Gasteiger partial charge in [0, 0.05) is 30.6 Å². The number of aromatic amines is 1. The number of fused-ring (bicyclic) bond motifs is 1. The number of methoxy groups -OCH3 is 1. The molecule has 1 aromatic carbocycles. The van der Waals surface area contributed by atoms with Crippen molar-refractivity contribution in [1.82, 2.24) is 10.3 Å². The normalized spacial score (nSPS) is 18.1. The van der Waals surface area contributed by atoms with Gasteiger partial charge in [-0.3, -0.25) is 4.79 Å². The van der Waals surface area contributed by atoms with Gasteiger partial charge in [-0.15, -0.1) is 0 Å². The molecule has 7 nitrogen and oxygen atoms in total. The van der Waals surface area contributed by atoms with Crippen LogP contribution in [0.25, 0.3) is 17.0 Å². The molecule has 1 aliphatic heterocycles. The van der Waals surface area contributed by atoms with Crippen molar-refractivity contribution in [2.24, 2.45) is 0 Å². The highest BCUT2D eigenvalue weighted by Gasteiger charge is 2.52. The third-order valence-electron chi connectivity index (χ3n) is 5.55. The van der Waals surface area contributed by atoms with Gasteiger partial charge in [-0.25, -0.2) is 4.79 Å². The van der Waals surface area contributed by atoms with Crippen molar-refractivity contribution in [3.05, 3.63) is 41.0 Å². The summed E-state index contributed by atoms with van der Waals surface area (Å²) >= 11 is 0. The van der Waals surface area contributed by atoms with Crippen LogP contribution in [0.5, 0.6) is 0 Å². The number of carbonyl (C=O) groups is 2. The number of ether oxygens (including phenoxy) is 1. The molecule has 0 unspecified atom stereocenters. The average Bonchev–Trinajstić information content (AvgIpc) is 3.18. The number of esters is 1. The minimum absolute atomic E-state index is 0.150. The molecule has 0 saturated carbocycles. The molecule has 2 N–H and O–H groups in total. The maximum Gasteiger partial charge on any atom is 0.492 e. The van der Waals surface area contributed by atoms with Gasteiger partial charge in [0.1, 0.15) is 0 Å². The fraction of sp³-hybridized carbons (Fsp3) is 0.429. The summed E-state index contributed by atoms with van der Waals surface area (Å²) in [7, 11) is 0.739. The van der Waals surface area contributed by atoms with Crippen molar-refractivity contribution in [1.29, 1.82) is 0 Å². The Labute approximate surface area is 170 Å². The third-order valence-corrected chi connectivity index (χ3v) is 5.55. The molecule has 1 aromatic heterocycles. The van der Waals surface area contributed by atoms with E-state index in [2.05, 4.69) is 10.3 Å². The van der Waals surface area contributed by atoms with Crippen molar-refractivity contribution in [2.45, 2.75) is 45.8 Å². The van der Waals surface area contributed by atoms with E-state index in [1.807, 2.05) is 45.9 Å². The number of aromatic nitrogens is 1. The van der Waals surface area contributed by atoms with Gasteiger partial charge in [-0.1, -0.05) is 6.08 Å². The van der Waals surface area contributed by atoms with Gasteiger partial charge in [0.2, 0.25) is 5.91 Å². The lowest BCUT2D eigenvalue weighted by Crippen LogP contribution is -2.41. The fourth-order valence-electron chi connectivity index (χ4n) is 3.19. The second-order valence-electron chi connectivity index (χ2n) is 8.22. The van der Waals surface area contributed by atoms with Gasteiger partial charge < -0.3 is 24.3 Å². The van der Waals surface area contributed by atoms with Crippen LogP contribution in [0.1, 0.15) is 50.5 Å².